The number of ether oxygens (including phenoxy) is 4. The third-order valence-corrected chi connectivity index (χ3v) is 8.00. The van der Waals surface area contributed by atoms with Crippen molar-refractivity contribution in [1.82, 2.24) is 24.9 Å². The first-order valence-corrected chi connectivity index (χ1v) is 14.8. The van der Waals surface area contributed by atoms with Crippen LogP contribution >= 0.6 is 0 Å². The number of aromatic amines is 1. The van der Waals surface area contributed by atoms with E-state index in [4.69, 9.17) is 34.6 Å². The standard InChI is InChI=1S/C30H36FN7O6/c1-3-12-38(37-13-15-41-16-14-37)28-33-11-8-21(34-28)23-22(19-4-6-20(31)7-5-19)35-24(36-23)25-42-17-29(2,18-43-25)27(40)44-30(9-10-30)26(32)39/h4-8,11,25H,3,9-10,12-18H2,1-2H3,(H2,32,39)(H,35,36). The maximum atomic E-state index is 13.8. The van der Waals surface area contributed by atoms with Crippen LogP contribution in [0.25, 0.3) is 22.6 Å². The zero-order valence-corrected chi connectivity index (χ0v) is 24.8. The number of H-pyrrole nitrogens is 1. The molecule has 0 bridgehead atoms. The number of nitrogens with one attached hydrogen (secondary N) is 1. The lowest BCUT2D eigenvalue weighted by Gasteiger charge is -2.37. The van der Waals surface area contributed by atoms with E-state index in [1.54, 1.807) is 31.3 Å². The van der Waals surface area contributed by atoms with Crippen LogP contribution in [-0.4, -0.2) is 88.5 Å². The summed E-state index contributed by atoms with van der Waals surface area (Å²) in [5.41, 5.74) is 5.38. The van der Waals surface area contributed by atoms with Gasteiger partial charge in [-0.2, -0.15) is 0 Å². The molecule has 0 unspecified atom stereocenters. The number of anilines is 1. The lowest BCUT2D eigenvalue weighted by Crippen LogP contribution is -2.50. The number of hydrogen-bond acceptors (Lipinski definition) is 11. The average molecular weight is 610 g/mol. The van der Waals surface area contributed by atoms with Gasteiger partial charge in [0.15, 0.2) is 11.4 Å². The fourth-order valence-electron chi connectivity index (χ4n) is 5.19. The van der Waals surface area contributed by atoms with Crippen LogP contribution in [0.1, 0.15) is 45.2 Å². The fourth-order valence-corrected chi connectivity index (χ4v) is 5.19. The van der Waals surface area contributed by atoms with Gasteiger partial charge in [-0.25, -0.2) is 24.4 Å². The molecule has 3 aliphatic rings. The second-order valence-electron chi connectivity index (χ2n) is 11.5. The first-order valence-electron chi connectivity index (χ1n) is 14.8. The van der Waals surface area contributed by atoms with Gasteiger partial charge in [-0.1, -0.05) is 6.92 Å². The van der Waals surface area contributed by atoms with Gasteiger partial charge >= 0.3 is 5.97 Å². The highest BCUT2D eigenvalue weighted by Crippen LogP contribution is 2.42. The summed E-state index contributed by atoms with van der Waals surface area (Å²) in [6.07, 6.45) is 2.47. The van der Waals surface area contributed by atoms with E-state index in [1.807, 2.05) is 0 Å². The van der Waals surface area contributed by atoms with Gasteiger partial charge in [0, 0.05) is 44.2 Å². The molecule has 2 aromatic heterocycles. The maximum Gasteiger partial charge on any atom is 0.317 e. The minimum atomic E-state index is -1.23. The van der Waals surface area contributed by atoms with Gasteiger partial charge in [0.2, 0.25) is 12.2 Å². The van der Waals surface area contributed by atoms with E-state index >= 15 is 0 Å². The van der Waals surface area contributed by atoms with Gasteiger partial charge in [0.1, 0.15) is 11.2 Å². The van der Waals surface area contributed by atoms with E-state index < -0.39 is 29.2 Å². The number of carbonyl (C=O) groups excluding carboxylic acids is 2. The molecule has 3 N–H and O–H groups in total. The van der Waals surface area contributed by atoms with Crippen LogP contribution in [0.5, 0.6) is 0 Å². The first kappa shape index (κ1) is 30.1. The van der Waals surface area contributed by atoms with Crippen molar-refractivity contribution >= 4 is 17.8 Å². The molecule has 0 atom stereocenters. The van der Waals surface area contributed by atoms with Crippen molar-refractivity contribution in [1.29, 1.82) is 0 Å². The molecule has 4 heterocycles. The van der Waals surface area contributed by atoms with E-state index in [-0.39, 0.29) is 19.0 Å². The smallest absolute Gasteiger partial charge is 0.317 e. The number of halogens is 1. The Balaban J connectivity index is 1.27. The second-order valence-corrected chi connectivity index (χ2v) is 11.5. The monoisotopic (exact) mass is 609 g/mol. The quantitative estimate of drug-likeness (QED) is 0.326. The molecule has 1 aliphatic carbocycles. The highest BCUT2D eigenvalue weighted by Gasteiger charge is 2.55. The number of hydrazine groups is 1. The summed E-state index contributed by atoms with van der Waals surface area (Å²) in [5, 5.41) is 4.25. The topological polar surface area (TPSA) is 158 Å². The van der Waals surface area contributed by atoms with Crippen molar-refractivity contribution in [3.63, 3.8) is 0 Å². The van der Waals surface area contributed by atoms with Crippen LogP contribution in [0.3, 0.4) is 0 Å². The number of aromatic nitrogens is 4. The van der Waals surface area contributed by atoms with Gasteiger partial charge in [0.25, 0.3) is 5.91 Å². The summed E-state index contributed by atoms with van der Waals surface area (Å²) < 4.78 is 36.8. The van der Waals surface area contributed by atoms with E-state index in [2.05, 4.69) is 26.9 Å². The van der Waals surface area contributed by atoms with Crippen LogP contribution in [0.2, 0.25) is 0 Å². The third-order valence-electron chi connectivity index (χ3n) is 8.00. The predicted octanol–water partition coefficient (Wildman–Crippen LogP) is 2.75. The van der Waals surface area contributed by atoms with Crippen molar-refractivity contribution < 1.29 is 32.9 Å². The van der Waals surface area contributed by atoms with E-state index in [0.29, 0.717) is 60.5 Å². The lowest BCUT2D eigenvalue weighted by atomic mass is 9.92. The van der Waals surface area contributed by atoms with Crippen molar-refractivity contribution in [2.75, 3.05) is 51.1 Å². The molecule has 0 spiro atoms. The van der Waals surface area contributed by atoms with Crippen LogP contribution < -0.4 is 10.7 Å². The summed E-state index contributed by atoms with van der Waals surface area (Å²) in [4.78, 5) is 42.3. The SMILES string of the molecule is CCCN(c1nccc(-c2[nH]c(C3OCC(C)(C(=O)OC4(C(N)=O)CC4)CO3)nc2-c2ccc(F)cc2)n1)N1CCOCC1. The fraction of sp³-hybridized carbons (Fsp3) is 0.500. The molecule has 2 aliphatic heterocycles. The minimum absolute atomic E-state index is 0.0313. The molecule has 44 heavy (non-hydrogen) atoms. The van der Waals surface area contributed by atoms with Gasteiger partial charge in [-0.3, -0.25) is 14.6 Å². The highest BCUT2D eigenvalue weighted by molar-refractivity contribution is 5.90. The number of primary amides is 1. The number of carbonyl (C=O) groups is 2. The van der Waals surface area contributed by atoms with Gasteiger partial charge < -0.3 is 29.7 Å². The van der Waals surface area contributed by atoms with Crippen LogP contribution in [0.15, 0.2) is 36.5 Å². The number of morpholine rings is 1. The first-order chi connectivity index (χ1) is 21.2. The van der Waals surface area contributed by atoms with Crippen molar-refractivity contribution in [3.05, 3.63) is 48.2 Å². The Kier molecular flexibility index (Phi) is 8.33. The zero-order valence-electron chi connectivity index (χ0n) is 24.8. The van der Waals surface area contributed by atoms with Gasteiger partial charge in [-0.15, -0.1) is 0 Å². The molecule has 234 valence electrons. The average Bonchev–Trinajstić information content (AvgIpc) is 3.70. The number of benzene rings is 1. The van der Waals surface area contributed by atoms with E-state index in [0.717, 1.165) is 26.1 Å². The van der Waals surface area contributed by atoms with Crippen LogP contribution in [0.4, 0.5) is 10.3 Å². The molecule has 13 nitrogen and oxygen atoms in total. The van der Waals surface area contributed by atoms with E-state index in [9.17, 15) is 14.0 Å². The Labute approximate surface area is 253 Å². The molecule has 14 heteroatoms. The number of hydrogen-bond donors (Lipinski definition) is 2. The summed E-state index contributed by atoms with van der Waals surface area (Å²) in [6, 6.07) is 7.78. The molecular weight excluding hydrogens is 573 g/mol. The van der Waals surface area contributed by atoms with Crippen molar-refractivity contribution in [2.45, 2.75) is 45.0 Å². The van der Waals surface area contributed by atoms with Crippen molar-refractivity contribution in [3.8, 4) is 22.6 Å². The summed E-state index contributed by atoms with van der Waals surface area (Å²) in [6.45, 7) is 7.14. The number of nitrogens with two attached hydrogens (primary N) is 1. The Morgan fingerprint density at radius 2 is 1.84 bits per heavy atom. The van der Waals surface area contributed by atoms with Crippen molar-refractivity contribution in [2.24, 2.45) is 11.1 Å². The second kappa shape index (κ2) is 12.2. The summed E-state index contributed by atoms with van der Waals surface area (Å²) in [5.74, 6) is -0.743. The predicted molar refractivity (Wildman–Crippen MR) is 155 cm³/mol. The largest absolute Gasteiger partial charge is 0.448 e. The van der Waals surface area contributed by atoms with Crippen LogP contribution in [-0.2, 0) is 28.5 Å². The zero-order chi connectivity index (χ0) is 30.9. The Morgan fingerprint density at radius 3 is 2.48 bits per heavy atom. The number of nitrogens with zero attached hydrogens (tertiary/aromatic N) is 5. The molecule has 1 amide bonds. The summed E-state index contributed by atoms with van der Waals surface area (Å²) >= 11 is 0. The molecule has 0 radical (unpaired) electrons. The number of imidazole rings is 1. The Morgan fingerprint density at radius 1 is 1.14 bits per heavy atom. The number of amides is 1. The molecule has 1 saturated carbocycles. The molecular formula is C30H36FN7O6. The Hall–Kier alpha value is -3.98. The van der Waals surface area contributed by atoms with E-state index in [1.165, 1.54) is 12.1 Å². The van der Waals surface area contributed by atoms with Gasteiger partial charge in [0.05, 0.1) is 43.5 Å². The maximum absolute atomic E-state index is 13.8. The van der Waals surface area contributed by atoms with Crippen LogP contribution in [0, 0.1) is 11.2 Å². The third kappa shape index (κ3) is 6.02. The number of rotatable bonds is 10. The minimum Gasteiger partial charge on any atom is -0.448 e. The summed E-state index contributed by atoms with van der Waals surface area (Å²) in [7, 11) is 0. The lowest BCUT2D eigenvalue weighted by molar-refractivity contribution is -0.240. The molecule has 6 rings (SSSR count). The Bertz CT molecular complexity index is 1500. The molecule has 1 aromatic carbocycles. The molecule has 2 saturated heterocycles. The molecule has 3 aromatic rings. The molecule has 3 fully saturated rings. The van der Waals surface area contributed by atoms with Gasteiger partial charge in [-0.05, 0) is 43.7 Å². The normalized spacial score (nSPS) is 23.2. The number of esters is 1. The highest BCUT2D eigenvalue weighted by atomic mass is 19.1.